The number of carbonyl (C=O) groups excluding carboxylic acids is 4. The van der Waals surface area contributed by atoms with Gasteiger partial charge in [0, 0.05) is 0 Å². The second-order valence-electron chi connectivity index (χ2n) is 9.73. The number of aliphatic imine (C=N–C) groups is 1. The van der Waals surface area contributed by atoms with E-state index >= 15 is 0 Å². The van der Waals surface area contributed by atoms with Crippen LogP contribution in [0.4, 0.5) is 5.69 Å². The van der Waals surface area contributed by atoms with Crippen molar-refractivity contribution >= 4 is 53.6 Å². The molecule has 1 heterocycles. The van der Waals surface area contributed by atoms with Gasteiger partial charge in [-0.25, -0.2) is 0 Å². The Morgan fingerprint density at radius 3 is 1.83 bits per heavy atom. The van der Waals surface area contributed by atoms with E-state index in [0.29, 0.717) is 4.61 Å². The van der Waals surface area contributed by atoms with Crippen LogP contribution in [-0.2, 0) is 42.9 Å². The summed E-state index contributed by atoms with van der Waals surface area (Å²) in [6.07, 6.45) is -5.80. The summed E-state index contributed by atoms with van der Waals surface area (Å²) in [6.45, 7) is 10.4. The molecule has 0 radical (unpaired) electrons. The van der Waals surface area contributed by atoms with Crippen LogP contribution in [0.2, 0.25) is 0 Å². The van der Waals surface area contributed by atoms with Crippen LogP contribution in [0.15, 0.2) is 47.5 Å². The fourth-order valence-corrected chi connectivity index (χ4v) is 6.40. The summed E-state index contributed by atoms with van der Waals surface area (Å²) < 4.78 is 30.1. The molecule has 2 aromatic rings. The van der Waals surface area contributed by atoms with E-state index in [1.54, 1.807) is 0 Å². The molecule has 3 rings (SSSR count). The van der Waals surface area contributed by atoms with Crippen LogP contribution in [-0.4, -0.2) is 80.6 Å². The molecule has 2 aromatic carbocycles. The Hall–Kier alpha value is -3.53. The van der Waals surface area contributed by atoms with Crippen LogP contribution in [0.1, 0.15) is 44.4 Å². The summed E-state index contributed by atoms with van der Waals surface area (Å²) in [5.41, 5.74) is 3.66. The van der Waals surface area contributed by atoms with Crippen LogP contribution < -0.4 is 4.46 Å². The first-order valence-corrected chi connectivity index (χ1v) is 14.8. The molecular weight excluding hydrogens is 597 g/mol. The molecule has 11 heteroatoms. The molecule has 5 atom stereocenters. The van der Waals surface area contributed by atoms with Gasteiger partial charge >= 0.3 is 246 Å². The summed E-state index contributed by atoms with van der Waals surface area (Å²) in [5.74, 6) is -2.61. The van der Waals surface area contributed by atoms with E-state index in [1.165, 1.54) is 27.7 Å². The van der Waals surface area contributed by atoms with Crippen LogP contribution in [0.5, 0.6) is 0 Å². The number of hydrogen-bond donors (Lipinski definition) is 0. The molecule has 0 amide bonds. The Bertz CT molecular complexity index is 1290. The van der Waals surface area contributed by atoms with E-state index < -0.39 is 69.4 Å². The van der Waals surface area contributed by atoms with E-state index in [1.807, 2.05) is 63.2 Å². The predicted octanol–water partition coefficient (Wildman–Crippen LogP) is 2.80. The molecule has 0 aliphatic carbocycles. The first-order valence-electron chi connectivity index (χ1n) is 13.1. The Balaban J connectivity index is 2.23. The molecule has 0 aromatic heterocycles. The van der Waals surface area contributed by atoms with Gasteiger partial charge in [-0.15, -0.1) is 0 Å². The Morgan fingerprint density at radius 1 is 0.756 bits per heavy atom. The third-order valence-corrected chi connectivity index (χ3v) is 8.32. The number of nitrogens with zero attached hydrogens (tertiary/aromatic N) is 1. The summed E-state index contributed by atoms with van der Waals surface area (Å²) >= 11 is -0.452. The third-order valence-electron chi connectivity index (χ3n) is 6.14. The number of rotatable bonds is 9. The van der Waals surface area contributed by atoms with Gasteiger partial charge in [-0.2, -0.15) is 0 Å². The normalized spacial score (nSPS) is 22.4. The molecular formula is C30H35NO9Se. The summed E-state index contributed by atoms with van der Waals surface area (Å²) in [4.78, 5) is 53.5. The first-order chi connectivity index (χ1) is 19.3. The number of ether oxygens (including phenoxy) is 5. The van der Waals surface area contributed by atoms with Gasteiger partial charge in [0.2, 0.25) is 0 Å². The van der Waals surface area contributed by atoms with Crippen LogP contribution in [0, 0.1) is 20.8 Å². The van der Waals surface area contributed by atoms with Crippen molar-refractivity contribution in [3.8, 4) is 0 Å². The molecule has 220 valence electrons. The molecule has 41 heavy (non-hydrogen) atoms. The molecule has 0 unspecified atom stereocenters. The van der Waals surface area contributed by atoms with E-state index in [0.717, 1.165) is 26.8 Å². The topological polar surface area (TPSA) is 127 Å². The molecule has 0 saturated carbocycles. The monoisotopic (exact) mass is 633 g/mol. The van der Waals surface area contributed by atoms with E-state index in [2.05, 4.69) is 0 Å². The van der Waals surface area contributed by atoms with Gasteiger partial charge in [0.25, 0.3) is 0 Å². The summed E-state index contributed by atoms with van der Waals surface area (Å²) in [7, 11) is 0. The van der Waals surface area contributed by atoms with Crippen LogP contribution in [0.25, 0.3) is 0 Å². The second kappa shape index (κ2) is 14.4. The molecule has 0 N–H and O–H groups in total. The fraction of sp³-hybridized carbons (Fsp3) is 0.433. The zero-order valence-electron chi connectivity index (χ0n) is 24.2. The Labute approximate surface area is 245 Å². The number of esters is 4. The number of hydrogen-bond acceptors (Lipinski definition) is 10. The zero-order valence-corrected chi connectivity index (χ0v) is 25.9. The number of para-hydroxylation sites is 1. The van der Waals surface area contributed by atoms with E-state index in [9.17, 15) is 19.2 Å². The minimum atomic E-state index is -1.27. The minimum absolute atomic E-state index is 0.303. The van der Waals surface area contributed by atoms with E-state index in [-0.39, 0.29) is 6.61 Å². The van der Waals surface area contributed by atoms with Crippen molar-refractivity contribution in [3.63, 3.8) is 0 Å². The first kappa shape index (κ1) is 32.0. The van der Waals surface area contributed by atoms with Crippen molar-refractivity contribution in [2.75, 3.05) is 6.61 Å². The maximum atomic E-state index is 12.4. The number of benzene rings is 2. The maximum absolute atomic E-state index is 12.4. The van der Waals surface area contributed by atoms with E-state index in [4.69, 9.17) is 28.7 Å². The second-order valence-corrected chi connectivity index (χ2v) is 12.0. The molecule has 0 spiro atoms. The average molecular weight is 633 g/mol. The SMILES string of the molecule is CC(=O)OC[C@H]1O[C@H](C(=Nc2c(C)cccc2C)[Se]c2ccc(C)cc2)[C@H](OC(C)=O)[C@@H](OC(C)=O)[C@@H]1OC(C)=O. The average Bonchev–Trinajstić information content (AvgIpc) is 2.87. The van der Waals surface area contributed by atoms with Gasteiger partial charge < -0.3 is 0 Å². The molecule has 0 bridgehead atoms. The van der Waals surface area contributed by atoms with Crippen molar-refractivity contribution in [2.24, 2.45) is 4.99 Å². The van der Waals surface area contributed by atoms with Crippen molar-refractivity contribution in [2.45, 2.75) is 79.0 Å². The van der Waals surface area contributed by atoms with Crippen molar-refractivity contribution in [3.05, 3.63) is 59.2 Å². The van der Waals surface area contributed by atoms with Crippen LogP contribution in [0.3, 0.4) is 0 Å². The number of aryl methyl sites for hydroxylation is 3. The molecule has 1 aliphatic heterocycles. The van der Waals surface area contributed by atoms with Crippen molar-refractivity contribution in [1.29, 1.82) is 0 Å². The standard InChI is InChI=1S/C30H35NO9Se/c1-16-11-13-23(14-12-16)41-30(31-25-17(2)9-8-10-18(25)3)29-28(39-22(7)35)27(38-21(6)34)26(37-20(5)33)24(40-29)15-36-19(4)32/h8-14,24,26-29H,15H2,1-7H3/t24-,26-,27+,28-,29+/m1/s1. The van der Waals surface area contributed by atoms with Gasteiger partial charge in [0.15, 0.2) is 0 Å². The summed E-state index contributed by atoms with van der Waals surface area (Å²) in [5, 5.41) is 0. The molecule has 1 aliphatic rings. The Kier molecular flexibility index (Phi) is 11.2. The number of carbonyl (C=O) groups is 4. The van der Waals surface area contributed by atoms with Gasteiger partial charge in [-0.1, -0.05) is 0 Å². The van der Waals surface area contributed by atoms with Gasteiger partial charge in [-0.05, 0) is 0 Å². The van der Waals surface area contributed by atoms with Crippen molar-refractivity contribution < 1.29 is 42.9 Å². The quantitative estimate of drug-likeness (QED) is 0.178. The van der Waals surface area contributed by atoms with Crippen LogP contribution >= 0.6 is 0 Å². The third kappa shape index (κ3) is 8.98. The van der Waals surface area contributed by atoms with Gasteiger partial charge in [0.1, 0.15) is 0 Å². The van der Waals surface area contributed by atoms with Gasteiger partial charge in [-0.3, -0.25) is 0 Å². The summed E-state index contributed by atoms with van der Waals surface area (Å²) in [6, 6.07) is 13.8. The predicted molar refractivity (Wildman–Crippen MR) is 152 cm³/mol. The Morgan fingerprint density at radius 2 is 1.29 bits per heavy atom. The fourth-order valence-electron chi connectivity index (χ4n) is 4.39. The van der Waals surface area contributed by atoms with Gasteiger partial charge in [0.05, 0.1) is 0 Å². The molecule has 1 saturated heterocycles. The van der Waals surface area contributed by atoms with Crippen molar-refractivity contribution in [1.82, 2.24) is 0 Å². The molecule has 10 nitrogen and oxygen atoms in total. The molecule has 1 fully saturated rings. The zero-order chi connectivity index (χ0) is 30.3.